The Morgan fingerprint density at radius 1 is 1.57 bits per heavy atom. The lowest BCUT2D eigenvalue weighted by molar-refractivity contribution is -0.384. The van der Waals surface area contributed by atoms with E-state index in [4.69, 9.17) is 22.6 Å². The van der Waals surface area contributed by atoms with Crippen LogP contribution in [0, 0.1) is 21.4 Å². The summed E-state index contributed by atoms with van der Waals surface area (Å²) in [5.74, 6) is 0.203. The Bertz CT molecular complexity index is 767. The first-order chi connectivity index (χ1) is 10.9. The largest absolute Gasteiger partial charge is 0.381 e. The van der Waals surface area contributed by atoms with E-state index < -0.39 is 4.92 Å². The smallest absolute Gasteiger partial charge is 0.271 e. The number of nitriles is 1. The van der Waals surface area contributed by atoms with Crippen LogP contribution in [0.4, 0.5) is 17.2 Å². The number of nitrogens with one attached hydrogen (secondary N) is 1. The van der Waals surface area contributed by atoms with Crippen LogP contribution in [0.3, 0.4) is 0 Å². The quantitative estimate of drug-likeness (QED) is 0.617. The van der Waals surface area contributed by atoms with Gasteiger partial charge in [-0.3, -0.25) is 15.2 Å². The number of nitrogen functional groups attached to an aromatic ring is 1. The summed E-state index contributed by atoms with van der Waals surface area (Å²) in [5.41, 5.74) is 7.33. The number of non-ortho nitro benzene ring substituents is 1. The third-order valence-electron chi connectivity index (χ3n) is 3.45. The molecule has 0 fully saturated rings. The van der Waals surface area contributed by atoms with Gasteiger partial charge < -0.3 is 10.6 Å². The number of halogens is 1. The maximum absolute atomic E-state index is 10.7. The van der Waals surface area contributed by atoms with Crippen LogP contribution in [0.15, 0.2) is 18.2 Å². The van der Waals surface area contributed by atoms with Gasteiger partial charge in [-0.2, -0.15) is 10.4 Å². The highest BCUT2D eigenvalue weighted by molar-refractivity contribution is 6.33. The maximum Gasteiger partial charge on any atom is 0.271 e. The summed E-state index contributed by atoms with van der Waals surface area (Å²) < 4.78 is 0. The standard InChI is InChI=1S/C14H15ClN6O2/c1-20(13-5-4-9(21(22)23)7-11(13)15)6-2-3-12-10(8-16)14(17)19-18-12/h4-5,7H,2-3,6H2,1H3,(H3,17,18,19). The molecule has 0 aliphatic carbocycles. The summed E-state index contributed by atoms with van der Waals surface area (Å²) in [6, 6.07) is 6.39. The zero-order chi connectivity index (χ0) is 17.0. The lowest BCUT2D eigenvalue weighted by atomic mass is 10.1. The van der Waals surface area contributed by atoms with E-state index in [-0.39, 0.29) is 11.5 Å². The van der Waals surface area contributed by atoms with Gasteiger partial charge in [0.15, 0.2) is 5.82 Å². The first kappa shape index (κ1) is 16.6. The fourth-order valence-corrected chi connectivity index (χ4v) is 2.55. The molecule has 0 radical (unpaired) electrons. The van der Waals surface area contributed by atoms with E-state index in [2.05, 4.69) is 10.2 Å². The Kier molecular flexibility index (Phi) is 5.03. The monoisotopic (exact) mass is 334 g/mol. The van der Waals surface area contributed by atoms with Gasteiger partial charge in [-0.05, 0) is 18.9 Å². The molecule has 2 rings (SSSR count). The number of hydrogen-bond donors (Lipinski definition) is 2. The average molecular weight is 335 g/mol. The number of hydrogen-bond acceptors (Lipinski definition) is 6. The van der Waals surface area contributed by atoms with Gasteiger partial charge >= 0.3 is 0 Å². The van der Waals surface area contributed by atoms with Crippen LogP contribution in [0.2, 0.25) is 5.02 Å². The Morgan fingerprint density at radius 3 is 2.91 bits per heavy atom. The van der Waals surface area contributed by atoms with E-state index in [1.54, 1.807) is 6.07 Å². The van der Waals surface area contributed by atoms with Gasteiger partial charge in [0.1, 0.15) is 11.6 Å². The van der Waals surface area contributed by atoms with Crippen molar-refractivity contribution in [2.24, 2.45) is 0 Å². The molecule has 23 heavy (non-hydrogen) atoms. The molecule has 0 spiro atoms. The number of aromatic amines is 1. The molecule has 1 heterocycles. The van der Waals surface area contributed by atoms with Crippen LogP contribution in [-0.4, -0.2) is 28.7 Å². The first-order valence-corrected chi connectivity index (χ1v) is 7.19. The Hall–Kier alpha value is -2.79. The number of nitro groups is 1. The van der Waals surface area contributed by atoms with Gasteiger partial charge in [-0.1, -0.05) is 11.6 Å². The molecule has 8 nitrogen and oxygen atoms in total. The highest BCUT2D eigenvalue weighted by Crippen LogP contribution is 2.29. The Labute approximate surface area is 137 Å². The molecule has 0 aliphatic heterocycles. The Morgan fingerprint density at radius 2 is 2.30 bits per heavy atom. The number of anilines is 2. The van der Waals surface area contributed by atoms with Crippen molar-refractivity contribution in [3.63, 3.8) is 0 Å². The van der Waals surface area contributed by atoms with Gasteiger partial charge in [0.2, 0.25) is 0 Å². The summed E-state index contributed by atoms with van der Waals surface area (Å²) in [4.78, 5) is 12.1. The number of rotatable bonds is 6. The molecule has 9 heteroatoms. The summed E-state index contributed by atoms with van der Waals surface area (Å²) in [7, 11) is 1.85. The van der Waals surface area contributed by atoms with Gasteiger partial charge in [-0.15, -0.1) is 0 Å². The van der Waals surface area contributed by atoms with Crippen molar-refractivity contribution < 1.29 is 4.92 Å². The second kappa shape index (κ2) is 6.98. The van der Waals surface area contributed by atoms with Crippen LogP contribution in [0.25, 0.3) is 0 Å². The summed E-state index contributed by atoms with van der Waals surface area (Å²) >= 11 is 6.09. The molecule has 0 bridgehead atoms. The molecule has 0 unspecified atom stereocenters. The molecule has 1 aromatic carbocycles. The molecule has 120 valence electrons. The topological polar surface area (TPSA) is 125 Å². The van der Waals surface area contributed by atoms with Gasteiger partial charge in [0.25, 0.3) is 5.69 Å². The predicted octanol–water partition coefficient (Wildman–Crippen LogP) is 2.49. The minimum atomic E-state index is -0.484. The van der Waals surface area contributed by atoms with Crippen molar-refractivity contribution in [1.82, 2.24) is 10.2 Å². The fraction of sp³-hybridized carbons (Fsp3) is 0.286. The van der Waals surface area contributed by atoms with Crippen molar-refractivity contribution in [2.75, 3.05) is 24.2 Å². The van der Waals surface area contributed by atoms with Crippen LogP contribution in [-0.2, 0) is 6.42 Å². The van der Waals surface area contributed by atoms with Crippen molar-refractivity contribution in [1.29, 1.82) is 5.26 Å². The van der Waals surface area contributed by atoms with Crippen molar-refractivity contribution >= 4 is 28.8 Å². The summed E-state index contributed by atoms with van der Waals surface area (Å²) in [6.07, 6.45) is 1.35. The number of aromatic nitrogens is 2. The SMILES string of the molecule is CN(CCCc1[nH]nc(N)c1C#N)c1ccc([N+](=O)[O-])cc1Cl. The number of nitrogens with zero attached hydrogens (tertiary/aromatic N) is 4. The number of nitro benzene ring substituents is 1. The summed E-state index contributed by atoms with van der Waals surface area (Å²) in [5, 5.41) is 26.6. The average Bonchev–Trinajstić information content (AvgIpc) is 2.86. The van der Waals surface area contributed by atoms with Gasteiger partial charge in [-0.25, -0.2) is 0 Å². The first-order valence-electron chi connectivity index (χ1n) is 6.82. The Balaban J connectivity index is 1.99. The van der Waals surface area contributed by atoms with E-state index in [1.807, 2.05) is 18.0 Å². The molecule has 1 aromatic heterocycles. The fourth-order valence-electron chi connectivity index (χ4n) is 2.23. The van der Waals surface area contributed by atoms with E-state index in [0.29, 0.717) is 34.9 Å². The maximum atomic E-state index is 10.7. The molecule has 0 amide bonds. The second-order valence-corrected chi connectivity index (χ2v) is 5.40. The van der Waals surface area contributed by atoms with E-state index in [1.165, 1.54) is 12.1 Å². The number of nitrogens with two attached hydrogens (primary N) is 1. The molecule has 0 atom stereocenters. The van der Waals surface area contributed by atoms with Crippen LogP contribution >= 0.6 is 11.6 Å². The van der Waals surface area contributed by atoms with Crippen LogP contribution in [0.1, 0.15) is 17.7 Å². The summed E-state index contributed by atoms with van der Waals surface area (Å²) in [6.45, 7) is 0.654. The number of H-pyrrole nitrogens is 1. The molecule has 2 aromatic rings. The molecular formula is C14H15ClN6O2. The lowest BCUT2D eigenvalue weighted by Crippen LogP contribution is -2.19. The third kappa shape index (κ3) is 3.70. The lowest BCUT2D eigenvalue weighted by Gasteiger charge is -2.20. The molecule has 0 aliphatic rings. The predicted molar refractivity (Wildman–Crippen MR) is 87.4 cm³/mol. The van der Waals surface area contributed by atoms with E-state index >= 15 is 0 Å². The van der Waals surface area contributed by atoms with Crippen LogP contribution < -0.4 is 10.6 Å². The second-order valence-electron chi connectivity index (χ2n) is 4.99. The zero-order valence-corrected chi connectivity index (χ0v) is 13.2. The molecule has 3 N–H and O–H groups in total. The van der Waals surface area contributed by atoms with Gasteiger partial charge in [0.05, 0.1) is 21.3 Å². The van der Waals surface area contributed by atoms with Crippen molar-refractivity contribution in [2.45, 2.75) is 12.8 Å². The normalized spacial score (nSPS) is 10.3. The van der Waals surface area contributed by atoms with Crippen molar-refractivity contribution in [3.8, 4) is 6.07 Å². The molecule has 0 saturated carbocycles. The van der Waals surface area contributed by atoms with Crippen LogP contribution in [0.5, 0.6) is 0 Å². The number of aryl methyl sites for hydroxylation is 1. The van der Waals surface area contributed by atoms with Crippen molar-refractivity contribution in [3.05, 3.63) is 44.6 Å². The van der Waals surface area contributed by atoms with E-state index in [0.717, 1.165) is 6.42 Å². The number of benzene rings is 1. The highest BCUT2D eigenvalue weighted by atomic mass is 35.5. The minimum absolute atomic E-state index is 0.0428. The highest BCUT2D eigenvalue weighted by Gasteiger charge is 2.13. The third-order valence-corrected chi connectivity index (χ3v) is 3.76. The van der Waals surface area contributed by atoms with E-state index in [9.17, 15) is 10.1 Å². The molecular weight excluding hydrogens is 320 g/mol. The minimum Gasteiger partial charge on any atom is -0.381 e. The van der Waals surface area contributed by atoms with Gasteiger partial charge in [0, 0.05) is 25.7 Å². The molecule has 0 saturated heterocycles. The zero-order valence-electron chi connectivity index (χ0n) is 12.4.